The van der Waals surface area contributed by atoms with Gasteiger partial charge in [-0.15, -0.1) is 0 Å². The second kappa shape index (κ2) is 7.83. The van der Waals surface area contributed by atoms with Crippen molar-refractivity contribution in [3.63, 3.8) is 0 Å². The summed E-state index contributed by atoms with van der Waals surface area (Å²) in [5.41, 5.74) is 6.46. The first kappa shape index (κ1) is 19.2. The maximum atomic E-state index is 13.4. The standard InChI is InChI=1S/C17H20FN2O4P/c1-4-22-25(21,23-5-2)16-11(3)24-17(20)14(10-19)15(16)12-6-8-13(18)9-7-12/h6-9,15H,4-5,20H2,1-3H3/t15-/m0/s1. The summed E-state index contributed by atoms with van der Waals surface area (Å²) >= 11 is 0. The van der Waals surface area contributed by atoms with E-state index in [0.29, 0.717) is 5.56 Å². The van der Waals surface area contributed by atoms with Gasteiger partial charge in [0.2, 0.25) is 5.88 Å². The SMILES string of the molecule is CCOP(=O)(OCC)C1=C(C)OC(N)=C(C#N)[C@@H]1c1ccc(F)cc1. The molecule has 1 aliphatic heterocycles. The fourth-order valence-electron chi connectivity index (χ4n) is 2.72. The predicted molar refractivity (Wildman–Crippen MR) is 90.6 cm³/mol. The smallest absolute Gasteiger partial charge is 0.361 e. The number of benzene rings is 1. The van der Waals surface area contributed by atoms with Crippen LogP contribution in [0.5, 0.6) is 0 Å². The van der Waals surface area contributed by atoms with Crippen LogP contribution in [0.15, 0.2) is 46.8 Å². The van der Waals surface area contributed by atoms with E-state index in [9.17, 15) is 14.2 Å². The van der Waals surface area contributed by atoms with Gasteiger partial charge in [-0.2, -0.15) is 5.26 Å². The summed E-state index contributed by atoms with van der Waals surface area (Å²) in [6.07, 6.45) is 0. The number of rotatable bonds is 6. The van der Waals surface area contributed by atoms with Gasteiger partial charge in [-0.3, -0.25) is 4.57 Å². The van der Waals surface area contributed by atoms with Crippen LogP contribution in [0.3, 0.4) is 0 Å². The van der Waals surface area contributed by atoms with Crippen molar-refractivity contribution in [2.75, 3.05) is 13.2 Å². The number of hydrogen-bond acceptors (Lipinski definition) is 6. The van der Waals surface area contributed by atoms with Gasteiger partial charge >= 0.3 is 7.60 Å². The lowest BCUT2D eigenvalue weighted by molar-refractivity contribution is 0.218. The largest absolute Gasteiger partial charge is 0.445 e. The molecule has 0 bridgehead atoms. The number of ether oxygens (including phenoxy) is 1. The molecule has 134 valence electrons. The van der Waals surface area contributed by atoms with E-state index in [2.05, 4.69) is 0 Å². The summed E-state index contributed by atoms with van der Waals surface area (Å²) < 4.78 is 43.0. The molecule has 0 radical (unpaired) electrons. The van der Waals surface area contributed by atoms with Crippen LogP contribution in [0.2, 0.25) is 0 Å². The highest BCUT2D eigenvalue weighted by molar-refractivity contribution is 7.58. The summed E-state index contributed by atoms with van der Waals surface area (Å²) in [5.74, 6) is -1.07. The molecule has 1 aromatic carbocycles. The van der Waals surface area contributed by atoms with Gasteiger partial charge in [-0.25, -0.2) is 4.39 Å². The molecule has 1 aromatic rings. The van der Waals surface area contributed by atoms with Crippen LogP contribution in [-0.2, 0) is 18.3 Å². The minimum absolute atomic E-state index is 0.0758. The lowest BCUT2D eigenvalue weighted by Crippen LogP contribution is -2.21. The van der Waals surface area contributed by atoms with Crippen molar-refractivity contribution in [2.45, 2.75) is 26.7 Å². The highest BCUT2D eigenvalue weighted by Crippen LogP contribution is 2.64. The van der Waals surface area contributed by atoms with Gasteiger partial charge in [0.15, 0.2) is 0 Å². The fourth-order valence-corrected chi connectivity index (χ4v) is 4.78. The summed E-state index contributed by atoms with van der Waals surface area (Å²) in [7, 11) is -3.74. The van der Waals surface area contributed by atoms with Gasteiger partial charge in [-0.05, 0) is 38.5 Å². The number of nitriles is 1. The van der Waals surface area contributed by atoms with E-state index in [-0.39, 0.29) is 35.7 Å². The van der Waals surface area contributed by atoms with Gasteiger partial charge in [0.1, 0.15) is 23.2 Å². The van der Waals surface area contributed by atoms with Gasteiger partial charge in [0.05, 0.1) is 24.4 Å². The first-order chi connectivity index (χ1) is 11.9. The van der Waals surface area contributed by atoms with Crippen LogP contribution < -0.4 is 5.73 Å². The molecule has 0 aromatic heterocycles. The maximum Gasteiger partial charge on any atom is 0.361 e. The molecule has 0 saturated heterocycles. The summed E-state index contributed by atoms with van der Waals surface area (Å²) in [6, 6.07) is 7.52. The molecule has 0 saturated carbocycles. The van der Waals surface area contributed by atoms with Crippen LogP contribution in [0, 0.1) is 17.1 Å². The molecule has 2 N–H and O–H groups in total. The van der Waals surface area contributed by atoms with E-state index < -0.39 is 19.3 Å². The van der Waals surface area contributed by atoms with Crippen molar-refractivity contribution in [1.29, 1.82) is 5.26 Å². The molecule has 1 atom stereocenters. The molecule has 0 unspecified atom stereocenters. The Balaban J connectivity index is 2.69. The quantitative estimate of drug-likeness (QED) is 0.761. The van der Waals surface area contributed by atoms with Crippen LogP contribution in [-0.4, -0.2) is 13.2 Å². The monoisotopic (exact) mass is 366 g/mol. The number of hydrogen-bond donors (Lipinski definition) is 1. The van der Waals surface area contributed by atoms with Gasteiger partial charge in [0.25, 0.3) is 0 Å². The number of halogens is 1. The molecule has 2 rings (SSSR count). The molecule has 1 heterocycles. The van der Waals surface area contributed by atoms with Crippen LogP contribution in [0.1, 0.15) is 32.3 Å². The zero-order valence-corrected chi connectivity index (χ0v) is 15.2. The van der Waals surface area contributed by atoms with E-state index >= 15 is 0 Å². The van der Waals surface area contributed by atoms with Gasteiger partial charge in [-0.1, -0.05) is 12.1 Å². The normalized spacial score (nSPS) is 18.1. The van der Waals surface area contributed by atoms with E-state index in [1.54, 1.807) is 20.8 Å². The van der Waals surface area contributed by atoms with Crippen molar-refractivity contribution in [3.8, 4) is 6.07 Å². The minimum atomic E-state index is -3.74. The summed E-state index contributed by atoms with van der Waals surface area (Å²) in [6.45, 7) is 5.25. The lowest BCUT2D eigenvalue weighted by atomic mass is 9.89. The second-order valence-corrected chi connectivity index (χ2v) is 7.24. The van der Waals surface area contributed by atoms with E-state index in [4.69, 9.17) is 19.5 Å². The second-order valence-electron chi connectivity index (χ2n) is 5.25. The highest BCUT2D eigenvalue weighted by atomic mass is 31.2. The van der Waals surface area contributed by atoms with Crippen molar-refractivity contribution in [1.82, 2.24) is 0 Å². The molecule has 0 fully saturated rings. The van der Waals surface area contributed by atoms with Crippen LogP contribution in [0.4, 0.5) is 4.39 Å². The summed E-state index contributed by atoms with van der Waals surface area (Å²) in [5, 5.41) is 9.74. The number of nitrogens with zero attached hydrogens (tertiary/aromatic N) is 1. The molecular weight excluding hydrogens is 346 g/mol. The lowest BCUT2D eigenvalue weighted by Gasteiger charge is -2.31. The third-order valence-corrected chi connectivity index (χ3v) is 6.03. The molecule has 6 nitrogen and oxygen atoms in total. The maximum absolute atomic E-state index is 13.4. The third kappa shape index (κ3) is 3.77. The topological polar surface area (TPSA) is 94.6 Å². The van der Waals surface area contributed by atoms with Gasteiger partial charge in [0, 0.05) is 0 Å². The molecule has 0 aliphatic carbocycles. The predicted octanol–water partition coefficient (Wildman–Crippen LogP) is 4.13. The Morgan fingerprint density at radius 1 is 1.28 bits per heavy atom. The number of allylic oxidation sites excluding steroid dienone is 3. The highest BCUT2D eigenvalue weighted by Gasteiger charge is 2.43. The number of nitrogens with two attached hydrogens (primary N) is 1. The Bertz CT molecular complexity index is 786. The van der Waals surface area contributed by atoms with Crippen LogP contribution >= 0.6 is 7.60 Å². The molecule has 0 spiro atoms. The van der Waals surface area contributed by atoms with Crippen molar-refractivity contribution >= 4 is 7.60 Å². The van der Waals surface area contributed by atoms with E-state index in [1.165, 1.54) is 24.3 Å². The van der Waals surface area contributed by atoms with Crippen molar-refractivity contribution in [2.24, 2.45) is 5.73 Å². The Morgan fingerprint density at radius 2 is 1.84 bits per heavy atom. The average molecular weight is 366 g/mol. The zero-order valence-electron chi connectivity index (χ0n) is 14.3. The molecule has 8 heteroatoms. The molecule has 25 heavy (non-hydrogen) atoms. The molecular formula is C17H20FN2O4P. The first-order valence-corrected chi connectivity index (χ1v) is 9.35. The summed E-state index contributed by atoms with van der Waals surface area (Å²) in [4.78, 5) is 0. The minimum Gasteiger partial charge on any atom is -0.445 e. The Kier molecular flexibility index (Phi) is 6.02. The van der Waals surface area contributed by atoms with E-state index in [0.717, 1.165) is 0 Å². The molecule has 0 amide bonds. The van der Waals surface area contributed by atoms with E-state index in [1.807, 2.05) is 6.07 Å². The Labute approximate surface area is 146 Å². The Morgan fingerprint density at radius 3 is 2.32 bits per heavy atom. The molecule has 1 aliphatic rings. The first-order valence-electron chi connectivity index (χ1n) is 7.81. The van der Waals surface area contributed by atoms with Crippen LogP contribution in [0.25, 0.3) is 0 Å². The van der Waals surface area contributed by atoms with Gasteiger partial charge < -0.3 is 19.5 Å². The Hall–Kier alpha value is -2.13. The zero-order chi connectivity index (χ0) is 18.6. The average Bonchev–Trinajstić information content (AvgIpc) is 2.55. The third-order valence-electron chi connectivity index (χ3n) is 3.67. The fraction of sp³-hybridized carbons (Fsp3) is 0.353. The van der Waals surface area contributed by atoms with Crippen molar-refractivity contribution in [3.05, 3.63) is 58.2 Å². The van der Waals surface area contributed by atoms with Crippen molar-refractivity contribution < 1.29 is 22.7 Å².